The molecule has 22 heavy (non-hydrogen) atoms. The summed E-state index contributed by atoms with van der Waals surface area (Å²) in [6.45, 7) is 7.12. The van der Waals surface area contributed by atoms with Gasteiger partial charge in [0.2, 0.25) is 0 Å². The van der Waals surface area contributed by atoms with Gasteiger partial charge in [0.25, 0.3) is 11.8 Å². The molecule has 0 bridgehead atoms. The Morgan fingerprint density at radius 3 is 1.41 bits per heavy atom. The largest absolute Gasteiger partial charge is 0.449 e. The van der Waals surface area contributed by atoms with Crippen molar-refractivity contribution in [2.24, 2.45) is 0 Å². The quantitative estimate of drug-likeness (QED) is 0.469. The summed E-state index contributed by atoms with van der Waals surface area (Å²) < 4.78 is 9.56. The lowest BCUT2D eigenvalue weighted by molar-refractivity contribution is -0.151. The van der Waals surface area contributed by atoms with Gasteiger partial charge >= 0.3 is 11.9 Å². The smallest absolute Gasteiger partial charge is 0.331 e. The van der Waals surface area contributed by atoms with Crippen LogP contribution in [-0.2, 0) is 28.7 Å². The van der Waals surface area contributed by atoms with Gasteiger partial charge in [-0.05, 0) is 27.7 Å². The van der Waals surface area contributed by atoms with Gasteiger partial charge in [0.05, 0.1) is 0 Å². The first kappa shape index (κ1) is 19.6. The van der Waals surface area contributed by atoms with Crippen molar-refractivity contribution < 1.29 is 28.7 Å². The molecule has 0 radical (unpaired) electrons. The third kappa shape index (κ3) is 8.03. The number of likely N-dealkylation sites (N-methyl/N-ethyl adjacent to an activating group) is 2. The fourth-order valence-electron chi connectivity index (χ4n) is 1.31. The number of carbonyl (C=O) groups excluding carboxylic acids is 4. The molecule has 0 saturated carbocycles. The van der Waals surface area contributed by atoms with Crippen molar-refractivity contribution >= 4 is 23.8 Å². The Labute approximate surface area is 129 Å². The molecule has 124 valence electrons. The Kier molecular flexibility index (Phi) is 9.24. The van der Waals surface area contributed by atoms with E-state index in [2.05, 4.69) is 10.6 Å². The standard InChI is InChI=1S/C14H22N2O6/c1-5-15-13(19)9(3)21-11(17)7-8-12(18)22-10(4)14(20)16-6-2/h7-10H,5-6H2,1-4H3,(H,15,19)(H,16,20)/b8-7+/t9-,10-/m0/s1. The van der Waals surface area contributed by atoms with E-state index in [4.69, 9.17) is 9.47 Å². The molecule has 2 atom stereocenters. The summed E-state index contributed by atoms with van der Waals surface area (Å²) >= 11 is 0. The van der Waals surface area contributed by atoms with Crippen LogP contribution in [0.25, 0.3) is 0 Å². The van der Waals surface area contributed by atoms with Crippen molar-refractivity contribution in [1.29, 1.82) is 0 Å². The first-order chi connectivity index (χ1) is 10.3. The first-order valence-electron chi connectivity index (χ1n) is 6.96. The second-order valence-corrected chi connectivity index (χ2v) is 4.28. The number of nitrogens with one attached hydrogen (secondary N) is 2. The summed E-state index contributed by atoms with van der Waals surface area (Å²) in [5.41, 5.74) is 0. The van der Waals surface area contributed by atoms with Crippen LogP contribution in [0.1, 0.15) is 27.7 Å². The predicted octanol–water partition coefficient (Wildman–Crippen LogP) is -0.322. The monoisotopic (exact) mass is 314 g/mol. The zero-order chi connectivity index (χ0) is 17.1. The second kappa shape index (κ2) is 10.4. The van der Waals surface area contributed by atoms with Crippen LogP contribution in [-0.4, -0.2) is 49.1 Å². The van der Waals surface area contributed by atoms with E-state index in [9.17, 15) is 19.2 Å². The second-order valence-electron chi connectivity index (χ2n) is 4.28. The lowest BCUT2D eigenvalue weighted by Crippen LogP contribution is -2.35. The van der Waals surface area contributed by atoms with Crippen LogP contribution in [0.3, 0.4) is 0 Å². The van der Waals surface area contributed by atoms with E-state index < -0.39 is 36.0 Å². The van der Waals surface area contributed by atoms with E-state index in [0.29, 0.717) is 13.1 Å². The van der Waals surface area contributed by atoms with E-state index in [-0.39, 0.29) is 0 Å². The van der Waals surface area contributed by atoms with Gasteiger partial charge in [0, 0.05) is 25.2 Å². The van der Waals surface area contributed by atoms with Crippen molar-refractivity contribution in [2.75, 3.05) is 13.1 Å². The van der Waals surface area contributed by atoms with Gasteiger partial charge in [-0.2, -0.15) is 0 Å². The van der Waals surface area contributed by atoms with Crippen molar-refractivity contribution in [3.8, 4) is 0 Å². The average Bonchev–Trinajstić information content (AvgIpc) is 2.45. The minimum atomic E-state index is -0.970. The summed E-state index contributed by atoms with van der Waals surface area (Å²) in [6.07, 6.45) is -0.268. The molecule has 2 amide bonds. The highest BCUT2D eigenvalue weighted by Crippen LogP contribution is 1.96. The minimum absolute atomic E-state index is 0.417. The number of hydrogen-bond donors (Lipinski definition) is 2. The fraction of sp³-hybridized carbons (Fsp3) is 0.571. The fourth-order valence-corrected chi connectivity index (χ4v) is 1.31. The summed E-state index contributed by atoms with van der Waals surface area (Å²) in [5.74, 6) is -2.59. The molecule has 0 spiro atoms. The van der Waals surface area contributed by atoms with Crippen LogP contribution in [0, 0.1) is 0 Å². The SMILES string of the molecule is CCNC(=O)[C@H](C)OC(=O)/C=C/C(=O)O[C@@H](C)C(=O)NCC. The van der Waals surface area contributed by atoms with E-state index >= 15 is 0 Å². The zero-order valence-electron chi connectivity index (χ0n) is 13.2. The molecule has 2 N–H and O–H groups in total. The van der Waals surface area contributed by atoms with Crippen LogP contribution < -0.4 is 10.6 Å². The van der Waals surface area contributed by atoms with Crippen molar-refractivity contribution in [2.45, 2.75) is 39.9 Å². The molecule has 0 aliphatic heterocycles. The maximum Gasteiger partial charge on any atom is 0.331 e. The molecule has 0 saturated heterocycles. The molecule has 0 rings (SSSR count). The van der Waals surface area contributed by atoms with Crippen molar-refractivity contribution in [3.63, 3.8) is 0 Å². The molecule has 0 aliphatic carbocycles. The highest BCUT2D eigenvalue weighted by atomic mass is 16.6. The van der Waals surface area contributed by atoms with Crippen LogP contribution in [0.4, 0.5) is 0 Å². The number of ether oxygens (including phenoxy) is 2. The molecule has 0 heterocycles. The summed E-state index contributed by atoms with van der Waals surface area (Å²) in [6, 6.07) is 0. The third-order valence-electron chi connectivity index (χ3n) is 2.38. The van der Waals surface area contributed by atoms with Gasteiger partial charge < -0.3 is 20.1 Å². The lowest BCUT2D eigenvalue weighted by Gasteiger charge is -2.11. The molecule has 0 aromatic carbocycles. The van der Waals surface area contributed by atoms with Gasteiger partial charge in [0.15, 0.2) is 12.2 Å². The Balaban J connectivity index is 4.29. The molecule has 0 aromatic heterocycles. The van der Waals surface area contributed by atoms with E-state index in [1.54, 1.807) is 13.8 Å². The van der Waals surface area contributed by atoms with Gasteiger partial charge in [-0.25, -0.2) is 9.59 Å². The van der Waals surface area contributed by atoms with Crippen LogP contribution in [0.2, 0.25) is 0 Å². The van der Waals surface area contributed by atoms with Gasteiger partial charge in [-0.3, -0.25) is 9.59 Å². The van der Waals surface area contributed by atoms with E-state index in [1.807, 2.05) is 0 Å². The normalized spacial score (nSPS) is 13.1. The molecular weight excluding hydrogens is 292 g/mol. The Morgan fingerprint density at radius 1 is 0.818 bits per heavy atom. The lowest BCUT2D eigenvalue weighted by atomic mass is 10.3. The summed E-state index contributed by atoms with van der Waals surface area (Å²) in [4.78, 5) is 45.5. The number of rotatable bonds is 8. The highest BCUT2D eigenvalue weighted by Gasteiger charge is 2.17. The molecule has 0 aliphatic rings. The molecular formula is C14H22N2O6. The topological polar surface area (TPSA) is 111 Å². The Bertz CT molecular complexity index is 407. The van der Waals surface area contributed by atoms with Gasteiger partial charge in [-0.1, -0.05) is 0 Å². The Morgan fingerprint density at radius 2 is 1.14 bits per heavy atom. The molecule has 8 heteroatoms. The summed E-state index contributed by atoms with van der Waals surface area (Å²) in [5, 5.41) is 4.98. The first-order valence-corrected chi connectivity index (χ1v) is 6.96. The van der Waals surface area contributed by atoms with E-state index in [1.165, 1.54) is 13.8 Å². The maximum absolute atomic E-state index is 11.4. The third-order valence-corrected chi connectivity index (χ3v) is 2.38. The van der Waals surface area contributed by atoms with Crippen LogP contribution >= 0.6 is 0 Å². The average molecular weight is 314 g/mol. The molecule has 0 fully saturated rings. The van der Waals surface area contributed by atoms with Gasteiger partial charge in [-0.15, -0.1) is 0 Å². The van der Waals surface area contributed by atoms with Crippen molar-refractivity contribution in [1.82, 2.24) is 10.6 Å². The summed E-state index contributed by atoms with van der Waals surface area (Å²) in [7, 11) is 0. The van der Waals surface area contributed by atoms with E-state index in [0.717, 1.165) is 12.2 Å². The zero-order valence-corrected chi connectivity index (χ0v) is 13.2. The van der Waals surface area contributed by atoms with Gasteiger partial charge in [0.1, 0.15) is 0 Å². The maximum atomic E-state index is 11.4. The number of esters is 2. The number of carbonyl (C=O) groups is 4. The highest BCUT2D eigenvalue weighted by molar-refractivity contribution is 5.94. The minimum Gasteiger partial charge on any atom is -0.449 e. The number of amides is 2. The Hall–Kier alpha value is -2.38. The molecule has 8 nitrogen and oxygen atoms in total. The molecule has 0 aromatic rings. The predicted molar refractivity (Wildman–Crippen MR) is 77.6 cm³/mol. The number of hydrogen-bond acceptors (Lipinski definition) is 6. The van der Waals surface area contributed by atoms with Crippen LogP contribution in [0.15, 0.2) is 12.2 Å². The van der Waals surface area contributed by atoms with Crippen LogP contribution in [0.5, 0.6) is 0 Å². The molecule has 0 unspecified atom stereocenters. The van der Waals surface area contributed by atoms with Crippen molar-refractivity contribution in [3.05, 3.63) is 12.2 Å².